The van der Waals surface area contributed by atoms with Crippen LogP contribution in [-0.4, -0.2) is 65.7 Å². The van der Waals surface area contributed by atoms with Gasteiger partial charge in [0.2, 0.25) is 5.91 Å². The Balaban J connectivity index is 0.000000709. The van der Waals surface area contributed by atoms with E-state index < -0.39 is 11.5 Å². The number of hydrogen-bond donors (Lipinski definition) is 3. The first-order chi connectivity index (χ1) is 15.8. The van der Waals surface area contributed by atoms with Crippen molar-refractivity contribution in [2.75, 3.05) is 26.3 Å². The Hall–Kier alpha value is -2.45. The van der Waals surface area contributed by atoms with Gasteiger partial charge in [-0.2, -0.15) is 0 Å². The lowest BCUT2D eigenvalue weighted by Crippen LogP contribution is -2.52. The number of carbonyl (C=O) groups excluding carboxylic acids is 2. The van der Waals surface area contributed by atoms with Crippen molar-refractivity contribution >= 4 is 17.8 Å². The number of ether oxygens (including phenoxy) is 1. The number of nitrogens with one attached hydrogen (secondary N) is 1. The van der Waals surface area contributed by atoms with Gasteiger partial charge in [-0.1, -0.05) is 25.0 Å². The smallest absolute Gasteiger partial charge is 0.300 e. The van der Waals surface area contributed by atoms with Gasteiger partial charge in [0.1, 0.15) is 0 Å². The van der Waals surface area contributed by atoms with E-state index in [1.807, 2.05) is 29.2 Å². The van der Waals surface area contributed by atoms with Gasteiger partial charge in [-0.05, 0) is 62.1 Å². The lowest BCUT2D eigenvalue weighted by Gasteiger charge is -2.28. The van der Waals surface area contributed by atoms with Gasteiger partial charge in [-0.25, -0.2) is 0 Å². The van der Waals surface area contributed by atoms with Crippen molar-refractivity contribution in [3.05, 3.63) is 35.4 Å². The molecule has 1 unspecified atom stereocenters. The lowest BCUT2D eigenvalue weighted by atomic mass is 9.96. The van der Waals surface area contributed by atoms with Crippen LogP contribution in [-0.2, 0) is 20.7 Å². The summed E-state index contributed by atoms with van der Waals surface area (Å²) < 4.78 is 5.34. The Bertz CT molecular complexity index is 810. The van der Waals surface area contributed by atoms with E-state index in [2.05, 4.69) is 5.32 Å². The molecule has 3 aliphatic rings. The average Bonchev–Trinajstić information content (AvgIpc) is 3.44. The standard InChI is InChI=1S/C23H33N3O3.C2H4O2/c24-23(10-1-2-11-23)22(28)26-12-7-18(16-26)15-17-3-5-19(6-4-17)21(27)25-20-8-13-29-14-9-20;1-2(3)4/h3-6,18,20H,1-2,7-16,24H2,(H,25,27);1H3,(H,3,4). The lowest BCUT2D eigenvalue weighted by molar-refractivity contribution is -0.136. The third-order valence-electron chi connectivity index (χ3n) is 6.79. The number of carboxylic acids is 1. The van der Waals surface area contributed by atoms with E-state index in [9.17, 15) is 9.59 Å². The third-order valence-corrected chi connectivity index (χ3v) is 6.79. The molecule has 8 nitrogen and oxygen atoms in total. The summed E-state index contributed by atoms with van der Waals surface area (Å²) in [7, 11) is 0. The van der Waals surface area contributed by atoms with Crippen LogP contribution in [0.25, 0.3) is 0 Å². The zero-order valence-corrected chi connectivity index (χ0v) is 19.6. The van der Waals surface area contributed by atoms with Crippen LogP contribution in [0.1, 0.15) is 67.8 Å². The number of carbonyl (C=O) groups is 3. The van der Waals surface area contributed by atoms with E-state index in [1.54, 1.807) is 0 Å². The second-order valence-corrected chi connectivity index (χ2v) is 9.55. The Kier molecular flexibility index (Phi) is 8.86. The highest BCUT2D eigenvalue weighted by Gasteiger charge is 2.41. The zero-order valence-electron chi connectivity index (χ0n) is 19.6. The fourth-order valence-corrected chi connectivity index (χ4v) is 4.95. The molecule has 2 heterocycles. The van der Waals surface area contributed by atoms with Gasteiger partial charge in [0, 0.05) is 44.8 Å². The highest BCUT2D eigenvalue weighted by molar-refractivity contribution is 5.94. The van der Waals surface area contributed by atoms with Crippen LogP contribution < -0.4 is 11.1 Å². The van der Waals surface area contributed by atoms with Crippen molar-refractivity contribution in [3.8, 4) is 0 Å². The minimum Gasteiger partial charge on any atom is -0.481 e. The number of rotatable bonds is 5. The Labute approximate surface area is 195 Å². The van der Waals surface area contributed by atoms with E-state index in [-0.39, 0.29) is 17.9 Å². The number of carboxylic acid groups (broad SMARTS) is 1. The number of nitrogens with zero attached hydrogens (tertiary/aromatic N) is 1. The van der Waals surface area contributed by atoms with Crippen LogP contribution in [0, 0.1) is 5.92 Å². The molecular formula is C25H37N3O5. The number of amides is 2. The molecule has 2 saturated heterocycles. The van der Waals surface area contributed by atoms with Crippen LogP contribution in [0.2, 0.25) is 0 Å². The molecule has 182 valence electrons. The van der Waals surface area contributed by atoms with Crippen LogP contribution >= 0.6 is 0 Å². The summed E-state index contributed by atoms with van der Waals surface area (Å²) in [5, 5.41) is 10.5. The molecule has 2 aliphatic heterocycles. The Morgan fingerprint density at radius 2 is 1.73 bits per heavy atom. The maximum Gasteiger partial charge on any atom is 0.300 e. The van der Waals surface area contributed by atoms with E-state index in [4.69, 9.17) is 20.4 Å². The van der Waals surface area contributed by atoms with E-state index in [0.717, 1.165) is 84.6 Å². The molecule has 0 radical (unpaired) electrons. The first-order valence-electron chi connectivity index (χ1n) is 12.0. The maximum atomic E-state index is 12.8. The van der Waals surface area contributed by atoms with Crippen molar-refractivity contribution in [2.24, 2.45) is 11.7 Å². The first kappa shape index (κ1) is 25.2. The molecule has 33 heavy (non-hydrogen) atoms. The average molecular weight is 460 g/mol. The van der Waals surface area contributed by atoms with Crippen LogP contribution in [0.15, 0.2) is 24.3 Å². The van der Waals surface area contributed by atoms with Gasteiger partial charge < -0.3 is 25.8 Å². The van der Waals surface area contributed by atoms with Crippen molar-refractivity contribution in [3.63, 3.8) is 0 Å². The summed E-state index contributed by atoms with van der Waals surface area (Å²) >= 11 is 0. The fourth-order valence-electron chi connectivity index (χ4n) is 4.95. The Morgan fingerprint density at radius 1 is 1.12 bits per heavy atom. The van der Waals surface area contributed by atoms with Crippen molar-refractivity contribution in [2.45, 2.75) is 69.9 Å². The summed E-state index contributed by atoms with van der Waals surface area (Å²) in [4.78, 5) is 36.2. The van der Waals surface area contributed by atoms with Crippen molar-refractivity contribution in [1.82, 2.24) is 10.2 Å². The molecular weight excluding hydrogens is 422 g/mol. The quantitative estimate of drug-likeness (QED) is 0.621. The first-order valence-corrected chi connectivity index (χ1v) is 12.0. The normalized spacial score (nSPS) is 22.4. The number of likely N-dealkylation sites (tertiary alicyclic amines) is 1. The highest BCUT2D eigenvalue weighted by atomic mass is 16.5. The van der Waals surface area contributed by atoms with E-state index in [0.29, 0.717) is 11.5 Å². The molecule has 0 aromatic heterocycles. The Morgan fingerprint density at radius 3 is 2.33 bits per heavy atom. The number of nitrogens with two attached hydrogens (primary N) is 1. The molecule has 1 atom stereocenters. The molecule has 0 bridgehead atoms. The third kappa shape index (κ3) is 7.27. The predicted octanol–water partition coefficient (Wildman–Crippen LogP) is 2.35. The predicted molar refractivity (Wildman–Crippen MR) is 125 cm³/mol. The largest absolute Gasteiger partial charge is 0.481 e. The highest BCUT2D eigenvalue weighted by Crippen LogP contribution is 2.31. The molecule has 3 fully saturated rings. The summed E-state index contributed by atoms with van der Waals surface area (Å²) in [6.45, 7) is 4.13. The van der Waals surface area contributed by atoms with Crippen LogP contribution in [0.4, 0.5) is 0 Å². The molecule has 1 aromatic rings. The number of hydrogen-bond acceptors (Lipinski definition) is 5. The number of benzene rings is 1. The van der Waals surface area contributed by atoms with E-state index in [1.165, 1.54) is 5.56 Å². The summed E-state index contributed by atoms with van der Waals surface area (Å²) in [5.74, 6) is -0.227. The van der Waals surface area contributed by atoms with Gasteiger partial charge in [-0.3, -0.25) is 14.4 Å². The monoisotopic (exact) mass is 459 g/mol. The minimum atomic E-state index is -0.833. The second kappa shape index (κ2) is 11.6. The van der Waals surface area contributed by atoms with Gasteiger partial charge in [0.15, 0.2) is 0 Å². The van der Waals surface area contributed by atoms with Crippen molar-refractivity contribution in [1.29, 1.82) is 0 Å². The van der Waals surface area contributed by atoms with E-state index >= 15 is 0 Å². The topological polar surface area (TPSA) is 122 Å². The summed E-state index contributed by atoms with van der Waals surface area (Å²) in [5.41, 5.74) is 7.66. The maximum absolute atomic E-state index is 12.8. The molecule has 1 saturated carbocycles. The number of aliphatic carboxylic acids is 1. The van der Waals surface area contributed by atoms with Gasteiger partial charge in [0.05, 0.1) is 5.54 Å². The van der Waals surface area contributed by atoms with Crippen LogP contribution in [0.5, 0.6) is 0 Å². The molecule has 4 N–H and O–H groups in total. The van der Waals surface area contributed by atoms with Gasteiger partial charge in [0.25, 0.3) is 11.9 Å². The molecule has 1 aliphatic carbocycles. The molecule has 8 heteroatoms. The molecule has 0 spiro atoms. The second-order valence-electron chi connectivity index (χ2n) is 9.55. The molecule has 4 rings (SSSR count). The van der Waals surface area contributed by atoms with Gasteiger partial charge >= 0.3 is 0 Å². The minimum absolute atomic E-state index is 0.00843. The molecule has 2 amide bonds. The molecule has 1 aromatic carbocycles. The van der Waals surface area contributed by atoms with Gasteiger partial charge in [-0.15, -0.1) is 0 Å². The summed E-state index contributed by atoms with van der Waals surface area (Å²) in [6, 6.07) is 8.13. The zero-order chi connectivity index (χ0) is 23.8. The SMILES string of the molecule is CC(=O)O.NC1(C(=O)N2CCC(Cc3ccc(C(=O)NC4CCOCC4)cc3)C2)CCCC1. The fraction of sp³-hybridized carbons (Fsp3) is 0.640. The summed E-state index contributed by atoms with van der Waals surface area (Å²) in [6.07, 6.45) is 7.49. The van der Waals surface area contributed by atoms with Crippen LogP contribution in [0.3, 0.4) is 0 Å². The van der Waals surface area contributed by atoms with Crippen molar-refractivity contribution < 1.29 is 24.2 Å².